The first-order valence-corrected chi connectivity index (χ1v) is 8.17. The zero-order valence-electron chi connectivity index (χ0n) is 14.3. The molecule has 0 N–H and O–H groups in total. The van der Waals surface area contributed by atoms with Gasteiger partial charge < -0.3 is 9.13 Å². The molecule has 5 aromatic rings. The second-order valence-electron chi connectivity index (χ2n) is 6.56. The summed E-state index contributed by atoms with van der Waals surface area (Å²) in [7, 11) is 4.17. The molecule has 0 aliphatic heterocycles. The van der Waals surface area contributed by atoms with Gasteiger partial charge >= 0.3 is 0 Å². The van der Waals surface area contributed by atoms with Crippen LogP contribution in [0, 0.1) is 13.8 Å². The largest absolute Gasteiger partial charge is 0.331 e. The van der Waals surface area contributed by atoms with Crippen molar-refractivity contribution < 1.29 is 0 Å². The molecular formula is C20H18N4. The summed E-state index contributed by atoms with van der Waals surface area (Å²) in [5, 5.41) is 5.04. The molecule has 0 saturated carbocycles. The molecule has 24 heavy (non-hydrogen) atoms. The van der Waals surface area contributed by atoms with Crippen LogP contribution in [0.3, 0.4) is 0 Å². The second kappa shape index (κ2) is 4.35. The number of benzene rings is 3. The Morgan fingerprint density at radius 1 is 0.583 bits per heavy atom. The quantitative estimate of drug-likeness (QED) is 0.398. The van der Waals surface area contributed by atoms with E-state index in [0.29, 0.717) is 0 Å². The number of nitrogens with zero attached hydrogens (tertiary/aromatic N) is 4. The minimum Gasteiger partial charge on any atom is -0.331 e. The fraction of sp³-hybridized carbons (Fsp3) is 0.200. The Bertz CT molecular complexity index is 1190. The highest BCUT2D eigenvalue weighted by Crippen LogP contribution is 2.34. The summed E-state index contributed by atoms with van der Waals surface area (Å²) >= 11 is 0. The van der Waals surface area contributed by atoms with Crippen LogP contribution in [0.2, 0.25) is 0 Å². The molecule has 0 aliphatic rings. The van der Waals surface area contributed by atoms with Gasteiger partial charge in [0.15, 0.2) is 0 Å². The van der Waals surface area contributed by atoms with E-state index >= 15 is 0 Å². The highest BCUT2D eigenvalue weighted by atomic mass is 15.1. The first kappa shape index (κ1) is 13.5. The third-order valence-electron chi connectivity index (χ3n) is 5.30. The molecule has 5 rings (SSSR count). The Kier molecular flexibility index (Phi) is 2.46. The van der Waals surface area contributed by atoms with Gasteiger partial charge in [0.25, 0.3) is 0 Å². The maximum atomic E-state index is 4.66. The number of hydrogen-bond donors (Lipinski definition) is 0. The van der Waals surface area contributed by atoms with Crippen LogP contribution in [0.25, 0.3) is 43.6 Å². The van der Waals surface area contributed by atoms with Crippen molar-refractivity contribution in [3.63, 3.8) is 0 Å². The van der Waals surface area contributed by atoms with Crippen LogP contribution in [0.1, 0.15) is 11.6 Å². The van der Waals surface area contributed by atoms with E-state index < -0.39 is 0 Å². The van der Waals surface area contributed by atoms with E-state index in [4.69, 9.17) is 0 Å². The van der Waals surface area contributed by atoms with E-state index in [2.05, 4.69) is 83.4 Å². The molecule has 0 saturated heterocycles. The van der Waals surface area contributed by atoms with Crippen molar-refractivity contribution in [2.75, 3.05) is 0 Å². The molecule has 2 aromatic heterocycles. The van der Waals surface area contributed by atoms with Crippen molar-refractivity contribution in [2.45, 2.75) is 13.8 Å². The Labute approximate surface area is 139 Å². The molecule has 3 aromatic carbocycles. The summed E-state index contributed by atoms with van der Waals surface area (Å²) in [6.45, 7) is 4.10. The number of imidazole rings is 2. The molecule has 0 radical (unpaired) electrons. The predicted octanol–water partition coefficient (Wildman–Crippen LogP) is 4.38. The first-order chi connectivity index (χ1) is 11.6. The second-order valence-corrected chi connectivity index (χ2v) is 6.56. The first-order valence-electron chi connectivity index (χ1n) is 8.17. The zero-order chi connectivity index (χ0) is 16.6. The lowest BCUT2D eigenvalue weighted by Crippen LogP contribution is -1.93. The summed E-state index contributed by atoms with van der Waals surface area (Å²) in [4.78, 5) is 9.32. The van der Waals surface area contributed by atoms with Gasteiger partial charge in [-0.25, -0.2) is 9.97 Å². The number of rotatable bonds is 0. The summed E-state index contributed by atoms with van der Waals surface area (Å²) < 4.78 is 4.35. The average Bonchev–Trinajstić information content (AvgIpc) is 3.04. The van der Waals surface area contributed by atoms with Crippen LogP contribution in [-0.4, -0.2) is 19.1 Å². The molecule has 4 heteroatoms. The molecule has 0 bridgehead atoms. The van der Waals surface area contributed by atoms with E-state index in [1.807, 2.05) is 0 Å². The standard InChI is InChI=1S/C20H18N4/c1-11-21-17-9-7-13-14-8-10-18-20(24(4)12(2)22-18)16(14)6-5-15(13)19(17)23(11)3/h5-10H,1-4H3. The van der Waals surface area contributed by atoms with Crippen molar-refractivity contribution in [2.24, 2.45) is 14.1 Å². The number of hydrogen-bond acceptors (Lipinski definition) is 2. The minimum absolute atomic E-state index is 1.04. The van der Waals surface area contributed by atoms with Gasteiger partial charge in [-0.2, -0.15) is 0 Å². The van der Waals surface area contributed by atoms with Gasteiger partial charge in [-0.1, -0.05) is 24.3 Å². The van der Waals surface area contributed by atoms with E-state index in [-0.39, 0.29) is 0 Å². The summed E-state index contributed by atoms with van der Waals surface area (Å²) in [6, 6.07) is 13.1. The number of aryl methyl sites for hydroxylation is 4. The summed E-state index contributed by atoms with van der Waals surface area (Å²) in [5.41, 5.74) is 4.51. The average molecular weight is 314 g/mol. The predicted molar refractivity (Wildman–Crippen MR) is 99.5 cm³/mol. The Morgan fingerprint density at radius 3 is 1.38 bits per heavy atom. The minimum atomic E-state index is 1.04. The Hall–Kier alpha value is -2.88. The lowest BCUT2D eigenvalue weighted by Gasteiger charge is -2.08. The zero-order valence-corrected chi connectivity index (χ0v) is 14.3. The van der Waals surface area contributed by atoms with Gasteiger partial charge in [0.1, 0.15) is 11.6 Å². The van der Waals surface area contributed by atoms with E-state index in [1.54, 1.807) is 0 Å². The van der Waals surface area contributed by atoms with Crippen LogP contribution in [-0.2, 0) is 14.1 Å². The van der Waals surface area contributed by atoms with Crippen molar-refractivity contribution in [1.29, 1.82) is 0 Å². The van der Waals surface area contributed by atoms with Gasteiger partial charge in [0.05, 0.1) is 22.1 Å². The molecule has 0 unspecified atom stereocenters. The summed E-state index contributed by atoms with van der Waals surface area (Å²) in [5.74, 6) is 2.07. The van der Waals surface area contributed by atoms with Crippen molar-refractivity contribution in [1.82, 2.24) is 19.1 Å². The Balaban J connectivity index is 2.04. The molecule has 4 nitrogen and oxygen atoms in total. The number of fused-ring (bicyclic) bond motifs is 7. The SMILES string of the molecule is Cc1nc2ccc3c4ccc5nc(C)n(C)c5c4ccc3c2n1C. The van der Waals surface area contributed by atoms with E-state index in [9.17, 15) is 0 Å². The van der Waals surface area contributed by atoms with Crippen molar-refractivity contribution in [3.05, 3.63) is 48.0 Å². The third kappa shape index (κ3) is 1.53. The van der Waals surface area contributed by atoms with Gasteiger partial charge in [-0.3, -0.25) is 0 Å². The van der Waals surface area contributed by atoms with Gasteiger partial charge in [0.2, 0.25) is 0 Å². The van der Waals surface area contributed by atoms with Crippen LogP contribution in [0.4, 0.5) is 0 Å². The monoisotopic (exact) mass is 314 g/mol. The van der Waals surface area contributed by atoms with Crippen molar-refractivity contribution in [3.8, 4) is 0 Å². The lowest BCUT2D eigenvalue weighted by molar-refractivity contribution is 0.888. The fourth-order valence-electron chi connectivity index (χ4n) is 3.87. The topological polar surface area (TPSA) is 35.6 Å². The maximum absolute atomic E-state index is 4.66. The maximum Gasteiger partial charge on any atom is 0.106 e. The van der Waals surface area contributed by atoms with Crippen LogP contribution >= 0.6 is 0 Å². The van der Waals surface area contributed by atoms with Gasteiger partial charge in [-0.05, 0) is 36.8 Å². The fourth-order valence-corrected chi connectivity index (χ4v) is 3.87. The Morgan fingerprint density at radius 2 is 0.958 bits per heavy atom. The molecule has 118 valence electrons. The lowest BCUT2D eigenvalue weighted by atomic mass is 10.00. The third-order valence-corrected chi connectivity index (χ3v) is 5.30. The van der Waals surface area contributed by atoms with E-state index in [0.717, 1.165) is 22.7 Å². The normalized spacial score (nSPS) is 12.2. The highest BCUT2D eigenvalue weighted by Gasteiger charge is 2.13. The highest BCUT2D eigenvalue weighted by molar-refractivity contribution is 6.20. The van der Waals surface area contributed by atoms with Gasteiger partial charge in [-0.15, -0.1) is 0 Å². The molecule has 0 atom stereocenters. The molecule has 0 spiro atoms. The van der Waals surface area contributed by atoms with Gasteiger partial charge in [0, 0.05) is 24.9 Å². The summed E-state index contributed by atoms with van der Waals surface area (Å²) in [6.07, 6.45) is 0. The van der Waals surface area contributed by atoms with Crippen LogP contribution < -0.4 is 0 Å². The van der Waals surface area contributed by atoms with Crippen LogP contribution in [0.5, 0.6) is 0 Å². The van der Waals surface area contributed by atoms with Crippen molar-refractivity contribution >= 4 is 43.6 Å². The smallest absolute Gasteiger partial charge is 0.106 e. The molecular weight excluding hydrogens is 296 g/mol. The molecule has 0 fully saturated rings. The van der Waals surface area contributed by atoms with Crippen LogP contribution in [0.15, 0.2) is 36.4 Å². The molecule has 2 heterocycles. The number of aromatic nitrogens is 4. The molecule has 0 amide bonds. The molecule has 0 aliphatic carbocycles. The van der Waals surface area contributed by atoms with E-state index in [1.165, 1.54) is 32.6 Å².